The Morgan fingerprint density at radius 1 is 1.26 bits per heavy atom. The molecule has 3 nitrogen and oxygen atoms in total. The topological polar surface area (TPSA) is 46.5 Å². The van der Waals surface area contributed by atoms with Crippen LogP contribution in [0.1, 0.15) is 29.3 Å². The van der Waals surface area contributed by atoms with E-state index in [1.807, 2.05) is 36.4 Å². The fraction of sp³-hybridized carbons (Fsp3) is 0.312. The van der Waals surface area contributed by atoms with Gasteiger partial charge in [-0.1, -0.05) is 36.4 Å². The fourth-order valence-corrected chi connectivity index (χ4v) is 2.26. The lowest BCUT2D eigenvalue weighted by Gasteiger charge is -2.05. The maximum Gasteiger partial charge on any atom is 0.339 e. The Morgan fingerprint density at radius 2 is 2.05 bits per heavy atom. The van der Waals surface area contributed by atoms with Crippen LogP contribution in [0.4, 0.5) is 0 Å². The molecule has 0 saturated carbocycles. The van der Waals surface area contributed by atoms with Crippen LogP contribution in [0.3, 0.4) is 0 Å². The summed E-state index contributed by atoms with van der Waals surface area (Å²) in [4.78, 5) is 12.1. The van der Waals surface area contributed by atoms with Gasteiger partial charge >= 0.3 is 5.97 Å². The molecule has 0 unspecified atom stereocenters. The van der Waals surface area contributed by atoms with Crippen molar-refractivity contribution in [2.75, 3.05) is 13.2 Å². The molecule has 0 aromatic carbocycles. The van der Waals surface area contributed by atoms with E-state index in [0.29, 0.717) is 25.0 Å². The molecule has 0 bridgehead atoms. The van der Waals surface area contributed by atoms with Gasteiger partial charge in [0, 0.05) is 6.61 Å². The van der Waals surface area contributed by atoms with Gasteiger partial charge in [0.05, 0.1) is 12.2 Å². The van der Waals surface area contributed by atoms with Crippen molar-refractivity contribution in [3.05, 3.63) is 47.5 Å². The summed E-state index contributed by atoms with van der Waals surface area (Å²) in [5, 5.41) is 8.96. The summed E-state index contributed by atoms with van der Waals surface area (Å²) >= 11 is 0. The molecule has 0 fully saturated rings. The lowest BCUT2D eigenvalue weighted by atomic mass is 10.1. The summed E-state index contributed by atoms with van der Waals surface area (Å²) in [6, 6.07) is 11.7. The predicted molar refractivity (Wildman–Crippen MR) is 74.4 cm³/mol. The van der Waals surface area contributed by atoms with E-state index in [0.717, 1.165) is 16.7 Å². The number of aryl methyl sites for hydroxylation is 1. The van der Waals surface area contributed by atoms with Gasteiger partial charge in [0.2, 0.25) is 0 Å². The molecule has 19 heavy (non-hydrogen) atoms. The highest BCUT2D eigenvalue weighted by Crippen LogP contribution is 2.32. The second kappa shape index (κ2) is 6.34. The first-order valence-electron chi connectivity index (χ1n) is 6.56. The molecule has 0 heterocycles. The number of rotatable bonds is 5. The lowest BCUT2D eigenvalue weighted by Crippen LogP contribution is -2.07. The van der Waals surface area contributed by atoms with Crippen molar-refractivity contribution in [1.29, 1.82) is 0 Å². The molecule has 0 spiro atoms. The Kier molecular flexibility index (Phi) is 4.53. The highest BCUT2D eigenvalue weighted by Gasteiger charge is 2.21. The average Bonchev–Trinajstić information content (AvgIpc) is 2.58. The van der Waals surface area contributed by atoms with Crippen molar-refractivity contribution in [2.24, 2.45) is 0 Å². The smallest absolute Gasteiger partial charge is 0.339 e. The summed E-state index contributed by atoms with van der Waals surface area (Å²) < 4.78 is 5.14. The maximum atomic E-state index is 12.1. The van der Waals surface area contributed by atoms with Crippen molar-refractivity contribution < 1.29 is 14.6 Å². The van der Waals surface area contributed by atoms with Gasteiger partial charge in [-0.3, -0.25) is 0 Å². The quantitative estimate of drug-likeness (QED) is 0.839. The number of carbonyl (C=O) groups excluding carboxylic acids is 1. The number of hydrogen-bond acceptors (Lipinski definition) is 3. The standard InChI is InChI=1S/C16H18O3/c1-2-19-16(18)15-13(8-6-10-17)11-12-7-4-3-5-9-14(12)15/h3-5,7,9,11,17H,2,6,8,10H2,1H3. The summed E-state index contributed by atoms with van der Waals surface area (Å²) in [5.74, 6) is -0.281. The second-order valence-corrected chi connectivity index (χ2v) is 4.37. The van der Waals surface area contributed by atoms with Crippen molar-refractivity contribution >= 4 is 5.97 Å². The number of aliphatic hydroxyl groups excluding tert-OH is 1. The van der Waals surface area contributed by atoms with Gasteiger partial charge in [0.15, 0.2) is 0 Å². The van der Waals surface area contributed by atoms with Gasteiger partial charge in [-0.05, 0) is 36.5 Å². The molecule has 0 amide bonds. The van der Waals surface area contributed by atoms with Gasteiger partial charge in [-0.25, -0.2) is 4.79 Å². The second-order valence-electron chi connectivity index (χ2n) is 4.37. The van der Waals surface area contributed by atoms with Crippen LogP contribution >= 0.6 is 0 Å². The van der Waals surface area contributed by atoms with Crippen LogP contribution in [0.15, 0.2) is 36.4 Å². The Balaban J connectivity index is 2.48. The third kappa shape index (κ3) is 2.93. The molecule has 0 aromatic rings. The molecule has 0 radical (unpaired) electrons. The van der Waals surface area contributed by atoms with Gasteiger partial charge in [-0.2, -0.15) is 0 Å². The number of ether oxygens (including phenoxy) is 1. The third-order valence-electron chi connectivity index (χ3n) is 3.08. The number of aliphatic hydroxyl groups is 1. The largest absolute Gasteiger partial charge is 0.462 e. The van der Waals surface area contributed by atoms with Gasteiger partial charge < -0.3 is 9.84 Å². The number of fused-ring (bicyclic) bond motifs is 1. The number of esters is 1. The molecule has 0 atom stereocenters. The zero-order chi connectivity index (χ0) is 13.7. The minimum absolute atomic E-state index is 0.123. The normalized spacial score (nSPS) is 10.6. The van der Waals surface area contributed by atoms with Crippen LogP contribution in [0.5, 0.6) is 0 Å². The molecule has 1 N–H and O–H groups in total. The summed E-state index contributed by atoms with van der Waals surface area (Å²) in [6.07, 6.45) is 1.33. The monoisotopic (exact) mass is 258 g/mol. The summed E-state index contributed by atoms with van der Waals surface area (Å²) in [6.45, 7) is 2.29. The molecule has 0 saturated heterocycles. The van der Waals surface area contributed by atoms with Crippen LogP contribution < -0.4 is 0 Å². The molecule has 0 aliphatic heterocycles. The molecule has 3 heteroatoms. The zero-order valence-electron chi connectivity index (χ0n) is 11.1. The van der Waals surface area contributed by atoms with Crippen LogP contribution in [0.2, 0.25) is 0 Å². The number of carbonyl (C=O) groups is 1. The van der Waals surface area contributed by atoms with Crippen molar-refractivity contribution in [2.45, 2.75) is 19.8 Å². The average molecular weight is 258 g/mol. The fourth-order valence-electron chi connectivity index (χ4n) is 2.26. The van der Waals surface area contributed by atoms with Crippen LogP contribution in [0.25, 0.3) is 11.1 Å². The van der Waals surface area contributed by atoms with E-state index in [1.165, 1.54) is 0 Å². The maximum absolute atomic E-state index is 12.1. The Bertz CT molecular complexity index is 534. The first kappa shape index (κ1) is 13.6. The van der Waals surface area contributed by atoms with E-state index < -0.39 is 0 Å². The number of hydrogen-bond donors (Lipinski definition) is 1. The molecule has 0 aromatic heterocycles. The van der Waals surface area contributed by atoms with E-state index in [-0.39, 0.29) is 12.6 Å². The van der Waals surface area contributed by atoms with Crippen LogP contribution in [0, 0.1) is 0 Å². The lowest BCUT2D eigenvalue weighted by molar-refractivity contribution is 0.0526. The van der Waals surface area contributed by atoms with E-state index in [9.17, 15) is 4.79 Å². The van der Waals surface area contributed by atoms with Crippen molar-refractivity contribution in [3.8, 4) is 11.1 Å². The minimum atomic E-state index is -0.281. The highest BCUT2D eigenvalue weighted by atomic mass is 16.5. The Hall–Kier alpha value is -1.87. The predicted octanol–water partition coefficient (Wildman–Crippen LogP) is 2.89. The molecule has 2 rings (SSSR count). The SMILES string of the molecule is CCOC(=O)c1c(CCCO)cc2cccccc1-2. The van der Waals surface area contributed by atoms with E-state index in [2.05, 4.69) is 0 Å². The first-order chi connectivity index (χ1) is 9.27. The Morgan fingerprint density at radius 3 is 2.79 bits per heavy atom. The molecular formula is C16H18O3. The van der Waals surface area contributed by atoms with Crippen LogP contribution in [-0.2, 0) is 11.2 Å². The third-order valence-corrected chi connectivity index (χ3v) is 3.08. The molecule has 2 aliphatic carbocycles. The summed E-state index contributed by atoms with van der Waals surface area (Å²) in [7, 11) is 0. The zero-order valence-corrected chi connectivity index (χ0v) is 11.1. The Labute approximate surface area is 113 Å². The van der Waals surface area contributed by atoms with Gasteiger partial charge in [0.25, 0.3) is 0 Å². The first-order valence-corrected chi connectivity index (χ1v) is 6.56. The van der Waals surface area contributed by atoms with E-state index >= 15 is 0 Å². The van der Waals surface area contributed by atoms with Crippen molar-refractivity contribution in [3.63, 3.8) is 0 Å². The van der Waals surface area contributed by atoms with Gasteiger partial charge in [-0.15, -0.1) is 0 Å². The summed E-state index contributed by atoms with van der Waals surface area (Å²) in [5.41, 5.74) is 3.53. The molecule has 100 valence electrons. The highest BCUT2D eigenvalue weighted by molar-refractivity contribution is 6.00. The van der Waals surface area contributed by atoms with Gasteiger partial charge in [0.1, 0.15) is 0 Å². The molecular weight excluding hydrogens is 240 g/mol. The van der Waals surface area contributed by atoms with Crippen molar-refractivity contribution in [1.82, 2.24) is 0 Å². The molecule has 2 aliphatic rings. The van der Waals surface area contributed by atoms with E-state index in [4.69, 9.17) is 9.84 Å². The van der Waals surface area contributed by atoms with E-state index in [1.54, 1.807) is 6.92 Å². The minimum Gasteiger partial charge on any atom is -0.462 e. The van der Waals surface area contributed by atoms with Crippen LogP contribution in [-0.4, -0.2) is 24.3 Å².